The van der Waals surface area contributed by atoms with Gasteiger partial charge in [-0.2, -0.15) is 0 Å². The fourth-order valence-electron chi connectivity index (χ4n) is 3.29. The number of amides is 1. The van der Waals surface area contributed by atoms with Gasteiger partial charge >= 0.3 is 6.09 Å². The molecule has 3 aromatic carbocycles. The molecule has 0 aliphatic heterocycles. The Hall–Kier alpha value is -3.27. The fourth-order valence-corrected chi connectivity index (χ4v) is 3.29. The molecule has 1 amide bonds. The fraction of sp³-hybridized carbons (Fsp3) is 0.296. The Morgan fingerprint density at radius 2 is 1.39 bits per heavy atom. The van der Waals surface area contributed by atoms with Crippen LogP contribution in [0.4, 0.5) is 4.79 Å². The first-order valence-corrected chi connectivity index (χ1v) is 10.5. The predicted molar refractivity (Wildman–Crippen MR) is 124 cm³/mol. The number of ether oxygens (including phenoxy) is 2. The highest BCUT2D eigenvalue weighted by molar-refractivity contribution is 5.67. The van der Waals surface area contributed by atoms with Gasteiger partial charge < -0.3 is 14.4 Å². The molecule has 0 unspecified atom stereocenters. The topological polar surface area (TPSA) is 38.8 Å². The molecule has 0 bridgehead atoms. The maximum Gasteiger partial charge on any atom is 0.410 e. The third kappa shape index (κ3) is 6.61. The van der Waals surface area contributed by atoms with Gasteiger partial charge in [0, 0.05) is 13.6 Å². The Labute approximate surface area is 185 Å². The molecule has 0 saturated carbocycles. The summed E-state index contributed by atoms with van der Waals surface area (Å²) in [5.74, 6) is 0.870. The van der Waals surface area contributed by atoms with E-state index in [-0.39, 0.29) is 18.1 Å². The van der Waals surface area contributed by atoms with E-state index >= 15 is 0 Å². The smallest absolute Gasteiger partial charge is 0.410 e. The first-order chi connectivity index (χ1) is 14.8. The first-order valence-electron chi connectivity index (χ1n) is 10.5. The van der Waals surface area contributed by atoms with E-state index in [4.69, 9.17) is 9.47 Å². The summed E-state index contributed by atoms with van der Waals surface area (Å²) in [6.45, 7) is 7.76. The summed E-state index contributed by atoms with van der Waals surface area (Å²) < 4.78 is 11.6. The minimum atomic E-state index is -0.342. The number of hydrogen-bond acceptors (Lipinski definition) is 3. The maximum atomic E-state index is 12.4. The molecule has 4 nitrogen and oxygen atoms in total. The van der Waals surface area contributed by atoms with Crippen LogP contribution in [0.2, 0.25) is 0 Å². The number of carbonyl (C=O) groups excluding carboxylic acids is 1. The Morgan fingerprint density at radius 3 is 1.97 bits per heavy atom. The van der Waals surface area contributed by atoms with Crippen molar-refractivity contribution in [1.82, 2.24) is 4.90 Å². The van der Waals surface area contributed by atoms with Crippen LogP contribution in [0.3, 0.4) is 0 Å². The number of rotatable bonds is 7. The summed E-state index contributed by atoms with van der Waals surface area (Å²) in [5, 5.41) is 0. The highest BCUT2D eigenvalue weighted by Gasteiger charge is 2.21. The minimum absolute atomic E-state index is 0.0889. The molecular formula is C27H31NO3. The largest absolute Gasteiger partial charge is 0.489 e. The Morgan fingerprint density at radius 1 is 0.806 bits per heavy atom. The number of benzene rings is 3. The molecule has 0 fully saturated rings. The van der Waals surface area contributed by atoms with Gasteiger partial charge in [-0.25, -0.2) is 4.79 Å². The van der Waals surface area contributed by atoms with Gasteiger partial charge in [-0.05, 0) is 39.8 Å². The van der Waals surface area contributed by atoms with Gasteiger partial charge in [0.15, 0.2) is 0 Å². The molecule has 0 N–H and O–H groups in total. The van der Waals surface area contributed by atoms with Gasteiger partial charge in [0.05, 0.1) is 0 Å². The molecule has 0 radical (unpaired) electrons. The van der Waals surface area contributed by atoms with Crippen molar-refractivity contribution in [2.75, 3.05) is 7.05 Å². The molecule has 0 saturated heterocycles. The summed E-state index contributed by atoms with van der Waals surface area (Å²) >= 11 is 0. The van der Waals surface area contributed by atoms with Crippen LogP contribution in [0.1, 0.15) is 43.0 Å². The van der Waals surface area contributed by atoms with Crippen molar-refractivity contribution in [3.8, 4) is 5.75 Å². The molecule has 3 rings (SSSR count). The van der Waals surface area contributed by atoms with Crippen LogP contribution in [-0.4, -0.2) is 18.0 Å². The summed E-state index contributed by atoms with van der Waals surface area (Å²) in [5.41, 5.74) is 4.17. The van der Waals surface area contributed by atoms with Crippen LogP contribution < -0.4 is 4.74 Å². The van der Waals surface area contributed by atoms with Crippen LogP contribution in [0.25, 0.3) is 0 Å². The number of nitrogens with zero attached hydrogens (tertiary/aromatic N) is 1. The molecule has 3 aromatic rings. The van der Waals surface area contributed by atoms with Crippen LogP contribution in [-0.2, 0) is 29.9 Å². The molecule has 0 aromatic heterocycles. The van der Waals surface area contributed by atoms with E-state index < -0.39 is 0 Å². The third-order valence-corrected chi connectivity index (χ3v) is 5.03. The van der Waals surface area contributed by atoms with Crippen LogP contribution in [0.5, 0.6) is 5.75 Å². The Balaban J connectivity index is 1.66. The van der Waals surface area contributed by atoms with Gasteiger partial charge in [0.25, 0.3) is 0 Å². The Bertz CT molecular complexity index is 978. The monoisotopic (exact) mass is 417 g/mol. The van der Waals surface area contributed by atoms with E-state index in [2.05, 4.69) is 39.0 Å². The molecule has 0 heterocycles. The lowest BCUT2D eigenvalue weighted by Crippen LogP contribution is -2.27. The van der Waals surface area contributed by atoms with Crippen LogP contribution in [0.15, 0.2) is 78.9 Å². The molecule has 0 aliphatic carbocycles. The highest BCUT2D eigenvalue weighted by atomic mass is 16.6. The lowest BCUT2D eigenvalue weighted by atomic mass is 9.85. The average molecular weight is 418 g/mol. The van der Waals surface area contributed by atoms with Crippen LogP contribution in [0, 0.1) is 0 Å². The minimum Gasteiger partial charge on any atom is -0.489 e. The standard InChI is InChI=1S/C27H31NO3/c1-27(2,3)24-17-23(15-16-25(24)30-19-21-11-7-5-8-12-21)18-28(4)26(29)31-20-22-13-9-6-10-14-22/h5-17H,18-20H2,1-4H3. The molecule has 0 atom stereocenters. The van der Waals surface area contributed by atoms with Gasteiger partial charge in [-0.3, -0.25) is 0 Å². The zero-order valence-electron chi connectivity index (χ0n) is 18.8. The van der Waals surface area contributed by atoms with Crippen molar-refractivity contribution in [1.29, 1.82) is 0 Å². The molecule has 0 aliphatic rings. The summed E-state index contributed by atoms with van der Waals surface area (Å²) in [6, 6.07) is 26.0. The van der Waals surface area contributed by atoms with E-state index in [1.807, 2.05) is 60.7 Å². The maximum absolute atomic E-state index is 12.4. The highest BCUT2D eigenvalue weighted by Crippen LogP contribution is 2.33. The summed E-state index contributed by atoms with van der Waals surface area (Å²) in [6.07, 6.45) is -0.342. The van der Waals surface area contributed by atoms with E-state index in [9.17, 15) is 4.79 Å². The molecule has 162 valence electrons. The number of carbonyl (C=O) groups is 1. The average Bonchev–Trinajstić information content (AvgIpc) is 2.77. The van der Waals surface area contributed by atoms with Crippen molar-refractivity contribution in [2.45, 2.75) is 45.9 Å². The molecule has 31 heavy (non-hydrogen) atoms. The first kappa shape index (κ1) is 22.4. The molecule has 4 heteroatoms. The van der Waals surface area contributed by atoms with Crippen molar-refractivity contribution in [2.24, 2.45) is 0 Å². The van der Waals surface area contributed by atoms with Crippen molar-refractivity contribution in [3.63, 3.8) is 0 Å². The SMILES string of the molecule is CN(Cc1ccc(OCc2ccccc2)c(C(C)(C)C)c1)C(=O)OCc1ccccc1. The lowest BCUT2D eigenvalue weighted by molar-refractivity contribution is 0.103. The summed E-state index contributed by atoms with van der Waals surface area (Å²) in [7, 11) is 1.75. The second-order valence-corrected chi connectivity index (χ2v) is 8.75. The van der Waals surface area contributed by atoms with Crippen molar-refractivity contribution in [3.05, 3.63) is 101 Å². The zero-order valence-corrected chi connectivity index (χ0v) is 18.8. The molecular weight excluding hydrogens is 386 g/mol. The Kier molecular flexibility index (Phi) is 7.35. The van der Waals surface area contributed by atoms with Gasteiger partial charge in [0.2, 0.25) is 0 Å². The van der Waals surface area contributed by atoms with E-state index in [1.54, 1.807) is 11.9 Å². The van der Waals surface area contributed by atoms with E-state index in [0.717, 1.165) is 28.0 Å². The normalized spacial score (nSPS) is 11.1. The van der Waals surface area contributed by atoms with E-state index in [0.29, 0.717) is 13.2 Å². The lowest BCUT2D eigenvalue weighted by Gasteiger charge is -2.25. The van der Waals surface area contributed by atoms with Gasteiger partial charge in [-0.15, -0.1) is 0 Å². The predicted octanol–water partition coefficient (Wildman–Crippen LogP) is 6.33. The van der Waals surface area contributed by atoms with Gasteiger partial charge in [0.1, 0.15) is 19.0 Å². The quantitative estimate of drug-likeness (QED) is 0.451. The summed E-state index contributed by atoms with van der Waals surface area (Å²) in [4.78, 5) is 14.0. The second-order valence-electron chi connectivity index (χ2n) is 8.75. The van der Waals surface area contributed by atoms with Gasteiger partial charge in [-0.1, -0.05) is 87.5 Å². The van der Waals surface area contributed by atoms with Crippen molar-refractivity contribution >= 4 is 6.09 Å². The van der Waals surface area contributed by atoms with Crippen LogP contribution >= 0.6 is 0 Å². The third-order valence-electron chi connectivity index (χ3n) is 5.03. The van der Waals surface area contributed by atoms with E-state index in [1.165, 1.54) is 0 Å². The molecule has 0 spiro atoms. The van der Waals surface area contributed by atoms with Crippen molar-refractivity contribution < 1.29 is 14.3 Å². The second kappa shape index (κ2) is 10.2. The number of hydrogen-bond donors (Lipinski definition) is 0. The zero-order chi connectivity index (χ0) is 22.3.